The van der Waals surface area contributed by atoms with Crippen molar-refractivity contribution in [3.63, 3.8) is 0 Å². The Morgan fingerprint density at radius 3 is 2.40 bits per heavy atom. The normalized spacial score (nSPS) is 23.4. The minimum atomic E-state index is -0.505. The topological polar surface area (TPSA) is 49.3 Å². The van der Waals surface area contributed by atoms with Crippen molar-refractivity contribution in [2.24, 2.45) is 5.92 Å². The summed E-state index contributed by atoms with van der Waals surface area (Å²) in [7, 11) is 0. The second-order valence-electron chi connectivity index (χ2n) is 6.38. The minimum Gasteiger partial charge on any atom is -0.393 e. The van der Waals surface area contributed by atoms with Crippen LogP contribution >= 0.6 is 0 Å². The van der Waals surface area contributed by atoms with Crippen molar-refractivity contribution in [3.05, 3.63) is 35.9 Å². The van der Waals surface area contributed by atoms with Gasteiger partial charge in [0.1, 0.15) is 0 Å². The molecule has 2 N–H and O–H groups in total. The van der Waals surface area contributed by atoms with Crippen molar-refractivity contribution in [1.82, 2.24) is 5.32 Å². The molecule has 0 saturated heterocycles. The van der Waals surface area contributed by atoms with E-state index >= 15 is 0 Å². The van der Waals surface area contributed by atoms with Gasteiger partial charge in [0.25, 0.3) is 0 Å². The van der Waals surface area contributed by atoms with Gasteiger partial charge in [0.15, 0.2) is 0 Å². The first-order chi connectivity index (χ1) is 9.50. The van der Waals surface area contributed by atoms with Gasteiger partial charge in [-0.15, -0.1) is 0 Å². The standard InChI is InChI=1S/C17H25NO2/c1-17(2,14-6-4-3-5-7-14)16(20)18-12-13-8-10-15(19)11-9-13/h3-7,13,15,19H,8-12H2,1-2H3,(H,18,20). The summed E-state index contributed by atoms with van der Waals surface area (Å²) in [5, 5.41) is 12.6. The molecular formula is C17H25NO2. The summed E-state index contributed by atoms with van der Waals surface area (Å²) in [5.41, 5.74) is 0.534. The lowest BCUT2D eigenvalue weighted by Crippen LogP contribution is -2.42. The molecule has 20 heavy (non-hydrogen) atoms. The minimum absolute atomic E-state index is 0.0785. The van der Waals surface area contributed by atoms with Gasteiger partial charge in [-0.25, -0.2) is 0 Å². The maximum absolute atomic E-state index is 12.4. The summed E-state index contributed by atoms with van der Waals surface area (Å²) in [5.74, 6) is 0.587. The SMILES string of the molecule is CC(C)(C(=O)NCC1CCC(O)CC1)c1ccccc1. The number of amides is 1. The van der Waals surface area contributed by atoms with E-state index in [2.05, 4.69) is 5.32 Å². The molecule has 1 aromatic carbocycles. The van der Waals surface area contributed by atoms with Crippen molar-refractivity contribution in [2.45, 2.75) is 51.0 Å². The molecule has 110 valence electrons. The Kier molecular flexibility index (Phi) is 4.81. The average molecular weight is 275 g/mol. The van der Waals surface area contributed by atoms with Crippen LogP contribution in [0, 0.1) is 5.92 Å². The molecule has 0 bridgehead atoms. The Morgan fingerprint density at radius 2 is 1.80 bits per heavy atom. The Morgan fingerprint density at radius 1 is 1.20 bits per heavy atom. The number of hydrogen-bond donors (Lipinski definition) is 2. The van der Waals surface area contributed by atoms with Gasteiger partial charge in [-0.3, -0.25) is 4.79 Å². The predicted molar refractivity (Wildman–Crippen MR) is 80.4 cm³/mol. The van der Waals surface area contributed by atoms with Crippen molar-refractivity contribution < 1.29 is 9.90 Å². The summed E-state index contributed by atoms with van der Waals surface area (Å²) in [6.45, 7) is 4.65. The zero-order valence-corrected chi connectivity index (χ0v) is 12.4. The average Bonchev–Trinajstić information content (AvgIpc) is 2.47. The lowest BCUT2D eigenvalue weighted by atomic mass is 9.83. The summed E-state index contributed by atoms with van der Waals surface area (Å²) >= 11 is 0. The first-order valence-corrected chi connectivity index (χ1v) is 7.52. The molecule has 1 fully saturated rings. The highest BCUT2D eigenvalue weighted by Gasteiger charge is 2.30. The van der Waals surface area contributed by atoms with Crippen molar-refractivity contribution in [1.29, 1.82) is 0 Å². The third kappa shape index (κ3) is 3.60. The summed E-state index contributed by atoms with van der Waals surface area (Å²) in [4.78, 5) is 12.4. The zero-order chi connectivity index (χ0) is 14.6. The number of carbonyl (C=O) groups excluding carboxylic acids is 1. The molecule has 0 aliphatic heterocycles. The molecule has 1 aromatic rings. The van der Waals surface area contributed by atoms with Crippen LogP contribution in [0.5, 0.6) is 0 Å². The molecule has 1 saturated carbocycles. The molecule has 1 aliphatic rings. The highest BCUT2D eigenvalue weighted by Crippen LogP contribution is 2.25. The first kappa shape index (κ1) is 15.0. The van der Waals surface area contributed by atoms with E-state index < -0.39 is 5.41 Å². The van der Waals surface area contributed by atoms with E-state index in [9.17, 15) is 9.90 Å². The van der Waals surface area contributed by atoms with E-state index in [4.69, 9.17) is 0 Å². The van der Waals surface area contributed by atoms with Gasteiger partial charge in [-0.1, -0.05) is 30.3 Å². The van der Waals surface area contributed by atoms with Gasteiger partial charge in [0.05, 0.1) is 11.5 Å². The number of aliphatic hydroxyl groups excluding tert-OH is 1. The maximum atomic E-state index is 12.4. The Hall–Kier alpha value is -1.35. The third-order valence-electron chi connectivity index (χ3n) is 4.43. The van der Waals surface area contributed by atoms with Crippen LogP contribution < -0.4 is 5.32 Å². The molecule has 1 aliphatic carbocycles. The molecule has 0 unspecified atom stereocenters. The smallest absolute Gasteiger partial charge is 0.230 e. The van der Waals surface area contributed by atoms with Crippen LogP contribution in [-0.2, 0) is 10.2 Å². The molecule has 1 amide bonds. The molecule has 0 heterocycles. The highest BCUT2D eigenvalue weighted by molar-refractivity contribution is 5.87. The number of benzene rings is 1. The summed E-state index contributed by atoms with van der Waals surface area (Å²) in [6.07, 6.45) is 3.61. The monoisotopic (exact) mass is 275 g/mol. The third-order valence-corrected chi connectivity index (χ3v) is 4.43. The Balaban J connectivity index is 1.88. The van der Waals surface area contributed by atoms with Gasteiger partial charge in [0, 0.05) is 6.54 Å². The van der Waals surface area contributed by atoms with Gasteiger partial charge in [-0.05, 0) is 51.0 Å². The molecule has 2 rings (SSSR count). The Bertz CT molecular complexity index is 434. The zero-order valence-electron chi connectivity index (χ0n) is 12.4. The van der Waals surface area contributed by atoms with E-state index in [1.54, 1.807) is 0 Å². The van der Waals surface area contributed by atoms with Gasteiger partial charge < -0.3 is 10.4 Å². The van der Waals surface area contributed by atoms with E-state index in [0.29, 0.717) is 5.92 Å². The second kappa shape index (κ2) is 6.40. The lowest BCUT2D eigenvalue weighted by Gasteiger charge is -2.28. The van der Waals surface area contributed by atoms with Gasteiger partial charge in [-0.2, -0.15) is 0 Å². The van der Waals surface area contributed by atoms with Gasteiger partial charge >= 0.3 is 0 Å². The fraction of sp³-hybridized carbons (Fsp3) is 0.588. The van der Waals surface area contributed by atoms with Crippen molar-refractivity contribution >= 4 is 5.91 Å². The summed E-state index contributed by atoms with van der Waals surface area (Å²) in [6, 6.07) is 9.89. The van der Waals surface area contributed by atoms with Crippen LogP contribution in [-0.4, -0.2) is 23.7 Å². The first-order valence-electron chi connectivity index (χ1n) is 7.52. The molecule has 3 heteroatoms. The van der Waals surface area contributed by atoms with E-state index in [0.717, 1.165) is 37.8 Å². The number of rotatable bonds is 4. The largest absolute Gasteiger partial charge is 0.393 e. The molecular weight excluding hydrogens is 250 g/mol. The van der Waals surface area contributed by atoms with Crippen LogP contribution in [0.25, 0.3) is 0 Å². The summed E-state index contributed by atoms with van der Waals surface area (Å²) < 4.78 is 0. The van der Waals surface area contributed by atoms with Crippen molar-refractivity contribution in [3.8, 4) is 0 Å². The second-order valence-corrected chi connectivity index (χ2v) is 6.38. The fourth-order valence-electron chi connectivity index (χ4n) is 2.79. The molecule has 0 atom stereocenters. The molecule has 0 spiro atoms. The van der Waals surface area contributed by atoms with Gasteiger partial charge in [0.2, 0.25) is 5.91 Å². The molecule has 0 radical (unpaired) electrons. The van der Waals surface area contributed by atoms with Crippen LogP contribution in [0.15, 0.2) is 30.3 Å². The van der Waals surface area contributed by atoms with Crippen LogP contribution in [0.1, 0.15) is 45.1 Å². The van der Waals surface area contributed by atoms with E-state index in [1.807, 2.05) is 44.2 Å². The highest BCUT2D eigenvalue weighted by atomic mass is 16.3. The lowest BCUT2D eigenvalue weighted by molar-refractivity contribution is -0.125. The molecule has 0 aromatic heterocycles. The van der Waals surface area contributed by atoms with E-state index in [1.165, 1.54) is 0 Å². The maximum Gasteiger partial charge on any atom is 0.230 e. The number of carbonyl (C=O) groups is 1. The van der Waals surface area contributed by atoms with Crippen LogP contribution in [0.2, 0.25) is 0 Å². The Labute approximate surface area is 121 Å². The fourth-order valence-corrected chi connectivity index (χ4v) is 2.79. The number of aliphatic hydroxyl groups is 1. The molecule has 3 nitrogen and oxygen atoms in total. The quantitative estimate of drug-likeness (QED) is 0.887. The number of hydrogen-bond acceptors (Lipinski definition) is 2. The van der Waals surface area contributed by atoms with E-state index in [-0.39, 0.29) is 12.0 Å². The van der Waals surface area contributed by atoms with Crippen molar-refractivity contribution in [2.75, 3.05) is 6.54 Å². The number of nitrogens with one attached hydrogen (secondary N) is 1. The predicted octanol–water partition coefficient (Wildman–Crippen LogP) is 2.63. The van der Waals surface area contributed by atoms with Crippen LogP contribution in [0.3, 0.4) is 0 Å². The van der Waals surface area contributed by atoms with Crippen LogP contribution in [0.4, 0.5) is 0 Å².